The van der Waals surface area contributed by atoms with Gasteiger partial charge in [0.15, 0.2) is 5.65 Å². The number of aromatic amines is 1. The van der Waals surface area contributed by atoms with Gasteiger partial charge in [-0.2, -0.15) is 5.10 Å². The SMILES string of the molecule is Cc1[nH]nc2ncc(C(=O)NC[C@@H]3C[C@H](C)CCN3C(=O)C3CC4(CCC4)C3)cc12. The number of likely N-dealkylation sites (tertiary alicyclic amines) is 1. The molecule has 1 aliphatic heterocycles. The summed E-state index contributed by atoms with van der Waals surface area (Å²) >= 11 is 0. The lowest BCUT2D eigenvalue weighted by molar-refractivity contribution is -0.152. The molecule has 2 saturated carbocycles. The Morgan fingerprint density at radius 2 is 2.13 bits per heavy atom. The van der Waals surface area contributed by atoms with Crippen LogP contribution in [0.1, 0.15) is 67.9 Å². The third-order valence-corrected chi connectivity index (χ3v) is 7.74. The van der Waals surface area contributed by atoms with E-state index in [2.05, 4.69) is 32.3 Å². The van der Waals surface area contributed by atoms with Crippen LogP contribution in [0.15, 0.2) is 12.3 Å². The Hall–Kier alpha value is -2.44. The number of aryl methyl sites for hydroxylation is 1. The molecule has 7 heteroatoms. The number of hydrogen-bond donors (Lipinski definition) is 2. The average Bonchev–Trinajstić information content (AvgIpc) is 3.04. The number of H-pyrrole nitrogens is 1. The molecule has 160 valence electrons. The summed E-state index contributed by atoms with van der Waals surface area (Å²) in [5, 5.41) is 10.9. The van der Waals surface area contributed by atoms with Gasteiger partial charge in [0.1, 0.15) is 0 Å². The van der Waals surface area contributed by atoms with Gasteiger partial charge in [0, 0.05) is 42.3 Å². The second-order valence-corrected chi connectivity index (χ2v) is 9.93. The summed E-state index contributed by atoms with van der Waals surface area (Å²) in [7, 11) is 0. The van der Waals surface area contributed by atoms with Crippen molar-refractivity contribution in [3.63, 3.8) is 0 Å². The lowest BCUT2D eigenvalue weighted by Gasteiger charge is -2.55. The van der Waals surface area contributed by atoms with Crippen molar-refractivity contribution in [3.8, 4) is 0 Å². The van der Waals surface area contributed by atoms with E-state index >= 15 is 0 Å². The molecule has 0 aromatic carbocycles. The summed E-state index contributed by atoms with van der Waals surface area (Å²) in [5.41, 5.74) is 2.55. The van der Waals surface area contributed by atoms with E-state index in [0.29, 0.717) is 35.0 Å². The summed E-state index contributed by atoms with van der Waals surface area (Å²) in [6, 6.07) is 1.91. The second kappa shape index (κ2) is 7.36. The molecule has 0 unspecified atom stereocenters. The number of nitrogens with one attached hydrogen (secondary N) is 2. The molecule has 5 rings (SSSR count). The number of piperidine rings is 1. The van der Waals surface area contributed by atoms with Crippen LogP contribution in [0, 0.1) is 24.2 Å². The van der Waals surface area contributed by atoms with Crippen molar-refractivity contribution in [2.45, 2.75) is 64.8 Å². The third-order valence-electron chi connectivity index (χ3n) is 7.74. The maximum absolute atomic E-state index is 13.2. The molecule has 0 bridgehead atoms. The molecule has 2 N–H and O–H groups in total. The number of rotatable bonds is 4. The molecule has 3 heterocycles. The van der Waals surface area contributed by atoms with Crippen LogP contribution in [0.25, 0.3) is 11.0 Å². The van der Waals surface area contributed by atoms with Gasteiger partial charge in [-0.15, -0.1) is 0 Å². The number of hydrogen-bond acceptors (Lipinski definition) is 4. The number of fused-ring (bicyclic) bond motifs is 1. The number of carbonyl (C=O) groups excluding carboxylic acids is 2. The van der Waals surface area contributed by atoms with E-state index in [-0.39, 0.29) is 17.9 Å². The minimum absolute atomic E-state index is 0.0792. The Labute approximate surface area is 177 Å². The molecule has 3 fully saturated rings. The van der Waals surface area contributed by atoms with Crippen LogP contribution in [0.2, 0.25) is 0 Å². The van der Waals surface area contributed by atoms with E-state index in [9.17, 15) is 9.59 Å². The molecular weight excluding hydrogens is 378 g/mol. The van der Waals surface area contributed by atoms with Crippen molar-refractivity contribution in [1.29, 1.82) is 0 Å². The molecule has 1 saturated heterocycles. The van der Waals surface area contributed by atoms with E-state index in [1.807, 2.05) is 13.0 Å². The second-order valence-electron chi connectivity index (χ2n) is 9.93. The molecule has 2 aliphatic carbocycles. The summed E-state index contributed by atoms with van der Waals surface area (Å²) in [6.45, 7) is 5.46. The molecule has 2 aromatic heterocycles. The number of amides is 2. The van der Waals surface area contributed by atoms with Crippen LogP contribution < -0.4 is 5.32 Å². The van der Waals surface area contributed by atoms with E-state index < -0.39 is 0 Å². The van der Waals surface area contributed by atoms with Gasteiger partial charge in [-0.25, -0.2) is 4.98 Å². The number of nitrogens with zero attached hydrogens (tertiary/aromatic N) is 3. The Morgan fingerprint density at radius 1 is 1.33 bits per heavy atom. The largest absolute Gasteiger partial charge is 0.350 e. The monoisotopic (exact) mass is 409 g/mol. The molecular formula is C23H31N5O2. The molecule has 2 amide bonds. The van der Waals surface area contributed by atoms with Gasteiger partial charge in [0.25, 0.3) is 5.91 Å². The number of carbonyl (C=O) groups is 2. The van der Waals surface area contributed by atoms with Gasteiger partial charge in [-0.05, 0) is 62.8 Å². The highest BCUT2D eigenvalue weighted by atomic mass is 16.2. The number of aromatic nitrogens is 3. The van der Waals surface area contributed by atoms with Crippen molar-refractivity contribution in [1.82, 2.24) is 25.4 Å². The Balaban J connectivity index is 1.23. The van der Waals surface area contributed by atoms with Crippen LogP contribution >= 0.6 is 0 Å². The highest BCUT2D eigenvalue weighted by Crippen LogP contribution is 2.59. The van der Waals surface area contributed by atoms with Gasteiger partial charge in [-0.1, -0.05) is 13.3 Å². The first kappa shape index (κ1) is 19.5. The maximum Gasteiger partial charge on any atom is 0.252 e. The summed E-state index contributed by atoms with van der Waals surface area (Å²) in [5.74, 6) is 0.943. The summed E-state index contributed by atoms with van der Waals surface area (Å²) < 4.78 is 0. The van der Waals surface area contributed by atoms with Gasteiger partial charge in [0.2, 0.25) is 5.91 Å². The molecule has 30 heavy (non-hydrogen) atoms. The summed E-state index contributed by atoms with van der Waals surface area (Å²) in [6.07, 6.45) is 9.66. The van der Waals surface area contributed by atoms with E-state index in [4.69, 9.17) is 0 Å². The summed E-state index contributed by atoms with van der Waals surface area (Å²) in [4.78, 5) is 32.3. The zero-order valence-electron chi connectivity index (χ0n) is 17.9. The molecule has 0 radical (unpaired) electrons. The van der Waals surface area contributed by atoms with Crippen molar-refractivity contribution in [2.75, 3.05) is 13.1 Å². The molecule has 2 aromatic rings. The maximum atomic E-state index is 13.2. The zero-order valence-corrected chi connectivity index (χ0v) is 17.9. The fourth-order valence-corrected chi connectivity index (χ4v) is 5.67. The lowest BCUT2D eigenvalue weighted by atomic mass is 9.51. The van der Waals surface area contributed by atoms with Crippen molar-refractivity contribution >= 4 is 22.8 Å². The zero-order chi connectivity index (χ0) is 20.9. The van der Waals surface area contributed by atoms with E-state index in [1.54, 1.807) is 6.20 Å². The number of pyridine rings is 1. The van der Waals surface area contributed by atoms with Crippen LogP contribution in [-0.2, 0) is 4.79 Å². The molecule has 2 atom stereocenters. The predicted octanol–water partition coefficient (Wildman–Crippen LogP) is 3.20. The van der Waals surface area contributed by atoms with Gasteiger partial charge in [0.05, 0.1) is 5.56 Å². The normalized spacial score (nSPS) is 25.7. The standard InChI is InChI=1S/C23H31N5O2/c1-14-4-7-28(22(30)17-10-23(11-17)5-3-6-23)18(8-14)13-25-21(29)16-9-19-15(2)26-27-20(19)24-12-16/h9,12,14,17-18H,3-8,10-11,13H2,1-2H3,(H,25,29)(H,24,26,27)/t14-,18+/m1/s1. The van der Waals surface area contributed by atoms with Crippen LogP contribution in [-0.4, -0.2) is 51.0 Å². The van der Waals surface area contributed by atoms with Crippen LogP contribution in [0.4, 0.5) is 0 Å². The van der Waals surface area contributed by atoms with Crippen LogP contribution in [0.3, 0.4) is 0 Å². The third kappa shape index (κ3) is 3.38. The highest BCUT2D eigenvalue weighted by Gasteiger charge is 2.52. The van der Waals surface area contributed by atoms with Crippen molar-refractivity contribution < 1.29 is 9.59 Å². The minimum Gasteiger partial charge on any atom is -0.350 e. The van der Waals surface area contributed by atoms with Gasteiger partial charge >= 0.3 is 0 Å². The first-order valence-corrected chi connectivity index (χ1v) is 11.3. The van der Waals surface area contributed by atoms with Gasteiger partial charge < -0.3 is 10.2 Å². The minimum atomic E-state index is -0.146. The van der Waals surface area contributed by atoms with Crippen LogP contribution in [0.5, 0.6) is 0 Å². The van der Waals surface area contributed by atoms with Gasteiger partial charge in [-0.3, -0.25) is 14.7 Å². The van der Waals surface area contributed by atoms with E-state index in [1.165, 1.54) is 19.3 Å². The van der Waals surface area contributed by atoms with E-state index in [0.717, 1.165) is 43.3 Å². The molecule has 1 spiro atoms. The fraction of sp³-hybridized carbons (Fsp3) is 0.652. The quantitative estimate of drug-likeness (QED) is 0.811. The highest BCUT2D eigenvalue weighted by molar-refractivity contribution is 5.97. The Kier molecular flexibility index (Phi) is 4.79. The Bertz CT molecular complexity index is 971. The topological polar surface area (TPSA) is 91.0 Å². The smallest absolute Gasteiger partial charge is 0.252 e. The lowest BCUT2D eigenvalue weighted by Crippen LogP contribution is -2.56. The predicted molar refractivity (Wildman–Crippen MR) is 114 cm³/mol. The fourth-order valence-electron chi connectivity index (χ4n) is 5.67. The van der Waals surface area contributed by atoms with Crippen molar-refractivity contribution in [2.24, 2.45) is 17.3 Å². The average molecular weight is 410 g/mol. The molecule has 3 aliphatic rings. The first-order chi connectivity index (χ1) is 14.4. The Morgan fingerprint density at radius 3 is 2.87 bits per heavy atom. The molecule has 7 nitrogen and oxygen atoms in total. The first-order valence-electron chi connectivity index (χ1n) is 11.3. The van der Waals surface area contributed by atoms with Crippen molar-refractivity contribution in [3.05, 3.63) is 23.5 Å².